The van der Waals surface area contributed by atoms with Crippen molar-refractivity contribution in [3.05, 3.63) is 63.7 Å². The lowest BCUT2D eigenvalue weighted by molar-refractivity contribution is -0.389. The number of nitro groups is 1. The Morgan fingerprint density at radius 2 is 2.10 bits per heavy atom. The SMILES string of the molecule is CCCn1c(NC(=O)c2noc(C)c2Cn2ccc([N+](=O)[O-])n2)nc2ccccc21. The summed E-state index contributed by atoms with van der Waals surface area (Å²) in [6.07, 6.45) is 2.34. The molecule has 154 valence electrons. The van der Waals surface area contributed by atoms with Crippen LogP contribution in [0.15, 0.2) is 41.1 Å². The Kier molecular flexibility index (Phi) is 5.00. The number of carbonyl (C=O) groups excluding carboxylic acids is 1. The van der Waals surface area contributed by atoms with Crippen molar-refractivity contribution in [2.24, 2.45) is 0 Å². The van der Waals surface area contributed by atoms with Crippen LogP contribution < -0.4 is 5.32 Å². The number of para-hydroxylation sites is 2. The average Bonchev–Trinajstić information content (AvgIpc) is 3.42. The van der Waals surface area contributed by atoms with Gasteiger partial charge in [-0.1, -0.05) is 24.2 Å². The molecule has 4 rings (SSSR count). The molecule has 0 saturated carbocycles. The molecule has 11 heteroatoms. The van der Waals surface area contributed by atoms with E-state index in [1.807, 2.05) is 35.8 Å². The molecule has 0 spiro atoms. The number of hydrogen-bond donors (Lipinski definition) is 1. The number of rotatable bonds is 7. The lowest BCUT2D eigenvalue weighted by Crippen LogP contribution is -2.19. The summed E-state index contributed by atoms with van der Waals surface area (Å²) < 4.78 is 8.51. The van der Waals surface area contributed by atoms with Crippen LogP contribution in [0.3, 0.4) is 0 Å². The van der Waals surface area contributed by atoms with Crippen LogP contribution in [0.5, 0.6) is 0 Å². The van der Waals surface area contributed by atoms with Crippen molar-refractivity contribution in [1.29, 1.82) is 0 Å². The molecule has 0 aliphatic heterocycles. The van der Waals surface area contributed by atoms with Gasteiger partial charge in [0.1, 0.15) is 5.76 Å². The fourth-order valence-corrected chi connectivity index (χ4v) is 3.24. The highest BCUT2D eigenvalue weighted by Crippen LogP contribution is 2.22. The molecule has 0 saturated heterocycles. The third kappa shape index (κ3) is 3.52. The number of nitrogens with one attached hydrogen (secondary N) is 1. The highest BCUT2D eigenvalue weighted by molar-refractivity contribution is 6.03. The van der Waals surface area contributed by atoms with Crippen LogP contribution in [0, 0.1) is 17.0 Å². The minimum absolute atomic E-state index is 0.0840. The van der Waals surface area contributed by atoms with Gasteiger partial charge < -0.3 is 19.2 Å². The molecule has 1 aromatic carbocycles. The Bertz CT molecular complexity index is 1240. The van der Waals surface area contributed by atoms with Gasteiger partial charge >= 0.3 is 5.82 Å². The van der Waals surface area contributed by atoms with Gasteiger partial charge in [0.05, 0.1) is 40.5 Å². The Morgan fingerprint density at radius 3 is 2.83 bits per heavy atom. The fraction of sp³-hybridized carbons (Fsp3) is 0.263. The van der Waals surface area contributed by atoms with Crippen LogP contribution >= 0.6 is 0 Å². The Labute approximate surface area is 170 Å². The molecular formula is C19H19N7O4. The second-order valence-corrected chi connectivity index (χ2v) is 6.72. The van der Waals surface area contributed by atoms with E-state index in [1.54, 1.807) is 6.92 Å². The van der Waals surface area contributed by atoms with Crippen molar-refractivity contribution in [3.8, 4) is 0 Å². The smallest absolute Gasteiger partial charge is 0.361 e. The number of benzene rings is 1. The van der Waals surface area contributed by atoms with E-state index in [1.165, 1.54) is 16.9 Å². The summed E-state index contributed by atoms with van der Waals surface area (Å²) in [4.78, 5) is 27.7. The Balaban J connectivity index is 1.62. The van der Waals surface area contributed by atoms with Crippen molar-refractivity contribution in [3.63, 3.8) is 0 Å². The van der Waals surface area contributed by atoms with Crippen LogP contribution in [-0.2, 0) is 13.1 Å². The number of anilines is 1. The second-order valence-electron chi connectivity index (χ2n) is 6.72. The minimum atomic E-state index is -0.581. The topological polar surface area (TPSA) is 134 Å². The van der Waals surface area contributed by atoms with E-state index in [-0.39, 0.29) is 18.1 Å². The molecule has 0 fully saturated rings. The van der Waals surface area contributed by atoms with Gasteiger partial charge in [0.2, 0.25) is 5.95 Å². The summed E-state index contributed by atoms with van der Waals surface area (Å²) in [6, 6.07) is 8.93. The summed E-state index contributed by atoms with van der Waals surface area (Å²) in [5.74, 6) is 0.101. The summed E-state index contributed by atoms with van der Waals surface area (Å²) in [5, 5.41) is 21.4. The maximum Gasteiger partial charge on any atom is 0.389 e. The van der Waals surface area contributed by atoms with Crippen LogP contribution in [0.2, 0.25) is 0 Å². The first-order valence-corrected chi connectivity index (χ1v) is 9.37. The van der Waals surface area contributed by atoms with Crippen molar-refractivity contribution in [2.75, 3.05) is 5.32 Å². The van der Waals surface area contributed by atoms with Gasteiger partial charge in [-0.05, 0) is 30.4 Å². The van der Waals surface area contributed by atoms with Gasteiger partial charge in [-0.3, -0.25) is 10.1 Å². The lowest BCUT2D eigenvalue weighted by Gasteiger charge is -2.08. The zero-order valence-electron chi connectivity index (χ0n) is 16.4. The number of carbonyl (C=O) groups is 1. The maximum atomic E-state index is 13.0. The molecule has 0 radical (unpaired) electrons. The number of aryl methyl sites for hydroxylation is 2. The van der Waals surface area contributed by atoms with Crippen molar-refractivity contribution >= 4 is 28.7 Å². The summed E-state index contributed by atoms with van der Waals surface area (Å²) in [7, 11) is 0. The molecular weight excluding hydrogens is 390 g/mol. The van der Waals surface area contributed by atoms with E-state index < -0.39 is 10.8 Å². The van der Waals surface area contributed by atoms with Gasteiger partial charge in [-0.25, -0.2) is 4.98 Å². The van der Waals surface area contributed by atoms with Gasteiger partial charge in [0.15, 0.2) is 5.69 Å². The molecule has 1 amide bonds. The number of aromatic nitrogens is 5. The Morgan fingerprint density at radius 1 is 1.30 bits per heavy atom. The Hall–Kier alpha value is -4.02. The van der Waals surface area contributed by atoms with Gasteiger partial charge in [0.25, 0.3) is 5.91 Å². The van der Waals surface area contributed by atoms with Crippen LogP contribution in [0.4, 0.5) is 11.8 Å². The summed E-state index contributed by atoms with van der Waals surface area (Å²) in [6.45, 7) is 4.52. The molecule has 0 atom stereocenters. The van der Waals surface area contributed by atoms with E-state index in [0.29, 0.717) is 23.8 Å². The standard InChI is InChI=1S/C19H19N7O4/c1-3-9-25-15-7-5-4-6-14(15)20-19(25)21-18(27)17-13(12(2)30-23-17)11-24-10-8-16(22-24)26(28)29/h4-8,10H,3,9,11H2,1-2H3,(H,20,21,27). The quantitative estimate of drug-likeness (QED) is 0.366. The summed E-state index contributed by atoms with van der Waals surface area (Å²) in [5.41, 5.74) is 2.28. The molecule has 0 aliphatic rings. The van der Waals surface area contributed by atoms with Crippen LogP contribution in [-0.4, -0.2) is 35.3 Å². The number of fused-ring (bicyclic) bond motifs is 1. The zero-order valence-corrected chi connectivity index (χ0v) is 16.4. The largest absolute Gasteiger partial charge is 0.389 e. The maximum absolute atomic E-state index is 13.0. The monoisotopic (exact) mass is 409 g/mol. The second kappa shape index (κ2) is 7.78. The first-order chi connectivity index (χ1) is 14.5. The minimum Gasteiger partial charge on any atom is -0.361 e. The molecule has 0 bridgehead atoms. The molecule has 3 heterocycles. The van der Waals surface area contributed by atoms with E-state index >= 15 is 0 Å². The van der Waals surface area contributed by atoms with Gasteiger partial charge in [0, 0.05) is 6.54 Å². The zero-order chi connectivity index (χ0) is 21.3. The molecule has 0 unspecified atom stereocenters. The predicted molar refractivity (Wildman–Crippen MR) is 107 cm³/mol. The normalized spacial score (nSPS) is 11.1. The highest BCUT2D eigenvalue weighted by Gasteiger charge is 2.24. The molecule has 1 N–H and O–H groups in total. The van der Waals surface area contributed by atoms with E-state index in [4.69, 9.17) is 4.52 Å². The fourth-order valence-electron chi connectivity index (χ4n) is 3.24. The number of hydrogen-bond acceptors (Lipinski definition) is 7. The molecule has 11 nitrogen and oxygen atoms in total. The van der Waals surface area contributed by atoms with E-state index in [2.05, 4.69) is 20.6 Å². The van der Waals surface area contributed by atoms with Crippen molar-refractivity contribution < 1.29 is 14.2 Å². The molecule has 4 aromatic rings. The third-order valence-electron chi connectivity index (χ3n) is 4.66. The van der Waals surface area contributed by atoms with E-state index in [0.717, 1.165) is 17.5 Å². The van der Waals surface area contributed by atoms with Crippen molar-refractivity contribution in [2.45, 2.75) is 33.4 Å². The average molecular weight is 409 g/mol. The summed E-state index contributed by atoms with van der Waals surface area (Å²) >= 11 is 0. The molecule has 30 heavy (non-hydrogen) atoms. The first-order valence-electron chi connectivity index (χ1n) is 9.37. The number of imidazole rings is 1. The first kappa shape index (κ1) is 19.3. The van der Waals surface area contributed by atoms with Crippen LogP contribution in [0.25, 0.3) is 11.0 Å². The molecule has 3 aromatic heterocycles. The number of amides is 1. The molecule has 0 aliphatic carbocycles. The highest BCUT2D eigenvalue weighted by atomic mass is 16.6. The predicted octanol–water partition coefficient (Wildman–Crippen LogP) is 3.15. The van der Waals surface area contributed by atoms with E-state index in [9.17, 15) is 14.9 Å². The lowest BCUT2D eigenvalue weighted by atomic mass is 10.2. The van der Waals surface area contributed by atoms with Gasteiger partial charge in [-0.15, -0.1) is 0 Å². The van der Waals surface area contributed by atoms with Gasteiger partial charge in [-0.2, -0.15) is 4.68 Å². The van der Waals surface area contributed by atoms with Crippen molar-refractivity contribution in [1.82, 2.24) is 24.5 Å². The number of nitrogens with zero attached hydrogens (tertiary/aromatic N) is 6. The third-order valence-corrected chi connectivity index (χ3v) is 4.66. The van der Waals surface area contributed by atoms with Crippen LogP contribution in [0.1, 0.15) is 35.2 Å².